The van der Waals surface area contributed by atoms with E-state index in [0.717, 1.165) is 11.1 Å². The highest BCUT2D eigenvalue weighted by atomic mass is 32.1. The molecule has 0 aliphatic carbocycles. The minimum atomic E-state index is -0.615. The number of aliphatic hydroxyl groups is 1. The van der Waals surface area contributed by atoms with Crippen molar-refractivity contribution in [2.75, 3.05) is 6.54 Å². The Bertz CT molecular complexity index is 1020. The van der Waals surface area contributed by atoms with Crippen LogP contribution in [0.25, 0.3) is 0 Å². The summed E-state index contributed by atoms with van der Waals surface area (Å²) in [6, 6.07) is 16.4. The first-order valence-corrected chi connectivity index (χ1v) is 10.5. The lowest BCUT2D eigenvalue weighted by Crippen LogP contribution is -2.31. The molecule has 2 heterocycles. The Morgan fingerprint density at radius 2 is 1.83 bits per heavy atom. The molecule has 0 bridgehead atoms. The number of halogens is 1. The second-order valence-corrected chi connectivity index (χ2v) is 8.22. The maximum Gasteiger partial charge on any atom is 0.261 e. The van der Waals surface area contributed by atoms with Gasteiger partial charge in [0.25, 0.3) is 11.8 Å². The Morgan fingerprint density at radius 3 is 2.50 bits per heavy atom. The molecule has 1 aliphatic rings. The van der Waals surface area contributed by atoms with Gasteiger partial charge in [-0.1, -0.05) is 30.3 Å². The van der Waals surface area contributed by atoms with E-state index >= 15 is 0 Å². The van der Waals surface area contributed by atoms with Crippen molar-refractivity contribution in [1.29, 1.82) is 0 Å². The van der Waals surface area contributed by atoms with Gasteiger partial charge in [-0.2, -0.15) is 0 Å². The summed E-state index contributed by atoms with van der Waals surface area (Å²) in [7, 11) is 0. The smallest absolute Gasteiger partial charge is 0.261 e. The molecule has 154 valence electrons. The molecule has 1 fully saturated rings. The predicted molar refractivity (Wildman–Crippen MR) is 113 cm³/mol. The van der Waals surface area contributed by atoms with Gasteiger partial charge < -0.3 is 15.3 Å². The third-order valence-corrected chi connectivity index (χ3v) is 6.06. The summed E-state index contributed by atoms with van der Waals surface area (Å²) in [4.78, 5) is 27.4. The minimum absolute atomic E-state index is 0.127. The van der Waals surface area contributed by atoms with Crippen molar-refractivity contribution in [2.24, 2.45) is 0 Å². The molecule has 2 amide bonds. The van der Waals surface area contributed by atoms with E-state index in [0.29, 0.717) is 23.4 Å². The van der Waals surface area contributed by atoms with E-state index in [1.54, 1.807) is 47.4 Å². The number of β-amino-alcohol motifs (C(OH)–C–C–N with tert-alkyl or cyclic N) is 1. The lowest BCUT2D eigenvalue weighted by molar-refractivity contribution is 0.0715. The molecule has 1 saturated heterocycles. The first-order valence-electron chi connectivity index (χ1n) is 9.66. The molecule has 2 N–H and O–H groups in total. The van der Waals surface area contributed by atoms with Crippen LogP contribution in [-0.2, 0) is 6.54 Å². The van der Waals surface area contributed by atoms with Gasteiger partial charge in [-0.25, -0.2) is 4.39 Å². The summed E-state index contributed by atoms with van der Waals surface area (Å²) in [5.41, 5.74) is 2.19. The van der Waals surface area contributed by atoms with Crippen molar-refractivity contribution < 1.29 is 19.1 Å². The number of amides is 2. The molecule has 3 aromatic rings. The van der Waals surface area contributed by atoms with Crippen LogP contribution in [0.1, 0.15) is 43.6 Å². The predicted octanol–water partition coefficient (Wildman–Crippen LogP) is 3.77. The Hall–Kier alpha value is -3.03. The third-order valence-electron chi connectivity index (χ3n) is 5.19. The van der Waals surface area contributed by atoms with Crippen molar-refractivity contribution in [3.8, 4) is 0 Å². The number of hydrogen-bond donors (Lipinski definition) is 2. The number of aliphatic hydroxyl groups excluding tert-OH is 1. The summed E-state index contributed by atoms with van der Waals surface area (Å²) in [5, 5.41) is 14.8. The molecule has 1 aliphatic heterocycles. The van der Waals surface area contributed by atoms with Crippen molar-refractivity contribution in [1.82, 2.24) is 10.2 Å². The fraction of sp³-hybridized carbons (Fsp3) is 0.217. The number of benzene rings is 2. The largest absolute Gasteiger partial charge is 0.391 e. The molecule has 0 radical (unpaired) electrons. The Balaban J connectivity index is 1.43. The average Bonchev–Trinajstić information content (AvgIpc) is 3.42. The van der Waals surface area contributed by atoms with Crippen molar-refractivity contribution in [3.63, 3.8) is 0 Å². The van der Waals surface area contributed by atoms with Crippen LogP contribution in [0.5, 0.6) is 0 Å². The second kappa shape index (κ2) is 8.77. The first kappa shape index (κ1) is 20.3. The van der Waals surface area contributed by atoms with E-state index < -0.39 is 6.10 Å². The number of nitrogens with zero attached hydrogens (tertiary/aromatic N) is 1. The van der Waals surface area contributed by atoms with Crippen LogP contribution in [0.2, 0.25) is 0 Å². The highest BCUT2D eigenvalue weighted by Gasteiger charge is 2.35. The maximum absolute atomic E-state index is 13.2. The van der Waals surface area contributed by atoms with Crippen LogP contribution in [-0.4, -0.2) is 34.5 Å². The van der Waals surface area contributed by atoms with Gasteiger partial charge in [-0.3, -0.25) is 9.59 Å². The molecule has 7 heteroatoms. The van der Waals surface area contributed by atoms with E-state index in [-0.39, 0.29) is 30.2 Å². The molecule has 0 saturated carbocycles. The Labute approximate surface area is 177 Å². The maximum atomic E-state index is 13.2. The van der Waals surface area contributed by atoms with Gasteiger partial charge in [0.1, 0.15) is 5.82 Å². The fourth-order valence-electron chi connectivity index (χ4n) is 3.65. The van der Waals surface area contributed by atoms with Gasteiger partial charge in [-0.15, -0.1) is 11.3 Å². The molecule has 0 spiro atoms. The summed E-state index contributed by atoms with van der Waals surface area (Å²) in [5.74, 6) is -0.648. The molecule has 4 rings (SSSR count). The van der Waals surface area contributed by atoms with Crippen molar-refractivity contribution in [2.45, 2.75) is 25.1 Å². The number of hydrogen-bond acceptors (Lipinski definition) is 4. The van der Waals surface area contributed by atoms with Gasteiger partial charge in [0.2, 0.25) is 0 Å². The summed E-state index contributed by atoms with van der Waals surface area (Å²) >= 11 is 1.38. The normalized spacial score (nSPS) is 18.4. The van der Waals surface area contributed by atoms with Crippen LogP contribution < -0.4 is 5.32 Å². The van der Waals surface area contributed by atoms with Gasteiger partial charge >= 0.3 is 0 Å². The highest BCUT2D eigenvalue weighted by Crippen LogP contribution is 2.33. The second-order valence-electron chi connectivity index (χ2n) is 7.27. The van der Waals surface area contributed by atoms with Gasteiger partial charge in [0.05, 0.1) is 17.0 Å². The molecule has 2 atom stereocenters. The van der Waals surface area contributed by atoms with Crippen molar-refractivity contribution in [3.05, 3.63) is 93.4 Å². The summed E-state index contributed by atoms with van der Waals surface area (Å²) in [6.07, 6.45) is -0.194. The highest BCUT2D eigenvalue weighted by molar-refractivity contribution is 7.12. The van der Waals surface area contributed by atoms with Gasteiger partial charge in [-0.05, 0) is 53.3 Å². The molecule has 2 aromatic carbocycles. The van der Waals surface area contributed by atoms with E-state index in [2.05, 4.69) is 5.32 Å². The van der Waals surface area contributed by atoms with Crippen LogP contribution in [0.3, 0.4) is 0 Å². The SMILES string of the molecule is O=C(NCc1ccc(C(=O)N2C[C@H](O)C[C@@H]2c2ccc(F)cc2)cc1)c1cccs1. The lowest BCUT2D eigenvalue weighted by Gasteiger charge is -2.25. The van der Waals surface area contributed by atoms with Gasteiger partial charge in [0.15, 0.2) is 0 Å². The average molecular weight is 424 g/mol. The van der Waals surface area contributed by atoms with E-state index in [4.69, 9.17) is 0 Å². The zero-order valence-electron chi connectivity index (χ0n) is 16.1. The van der Waals surface area contributed by atoms with Crippen LogP contribution >= 0.6 is 11.3 Å². The van der Waals surface area contributed by atoms with Crippen LogP contribution in [0.4, 0.5) is 4.39 Å². The Kier molecular flexibility index (Phi) is 5.92. The van der Waals surface area contributed by atoms with E-state index in [1.165, 1.54) is 23.5 Å². The first-order chi connectivity index (χ1) is 14.5. The quantitative estimate of drug-likeness (QED) is 0.655. The molecule has 5 nitrogen and oxygen atoms in total. The van der Waals surface area contributed by atoms with Crippen LogP contribution in [0, 0.1) is 5.82 Å². The number of carbonyl (C=O) groups is 2. The molecular formula is C23H21FN2O3S. The minimum Gasteiger partial charge on any atom is -0.391 e. The summed E-state index contributed by atoms with van der Waals surface area (Å²) in [6.45, 7) is 0.603. The number of nitrogens with one attached hydrogen (secondary N) is 1. The Morgan fingerprint density at radius 1 is 1.10 bits per heavy atom. The fourth-order valence-corrected chi connectivity index (χ4v) is 4.29. The molecule has 0 unspecified atom stereocenters. The van der Waals surface area contributed by atoms with E-state index in [9.17, 15) is 19.1 Å². The third kappa shape index (κ3) is 4.42. The van der Waals surface area contributed by atoms with E-state index in [1.807, 2.05) is 11.4 Å². The monoisotopic (exact) mass is 424 g/mol. The zero-order valence-corrected chi connectivity index (χ0v) is 16.9. The zero-order chi connectivity index (χ0) is 21.1. The molecule has 30 heavy (non-hydrogen) atoms. The number of carbonyl (C=O) groups excluding carboxylic acids is 2. The van der Waals surface area contributed by atoms with Gasteiger partial charge in [0, 0.05) is 18.7 Å². The standard InChI is InChI=1S/C23H21FN2O3S/c24-18-9-7-16(8-10-18)20-12-19(27)14-26(20)23(29)17-5-3-15(4-6-17)13-25-22(28)21-2-1-11-30-21/h1-11,19-20,27H,12-14H2,(H,25,28)/t19-,20-/m1/s1. The van der Waals surface area contributed by atoms with Crippen molar-refractivity contribution >= 4 is 23.2 Å². The number of thiophene rings is 1. The number of likely N-dealkylation sites (tertiary alicyclic amines) is 1. The lowest BCUT2D eigenvalue weighted by atomic mass is 10.0. The topological polar surface area (TPSA) is 69.6 Å². The number of rotatable bonds is 5. The molecule has 1 aromatic heterocycles. The van der Waals surface area contributed by atoms with Crippen LogP contribution in [0.15, 0.2) is 66.0 Å². The summed E-state index contributed by atoms with van der Waals surface area (Å²) < 4.78 is 13.2. The molecular weight excluding hydrogens is 403 g/mol.